The molecule has 1 aromatic heterocycles. The fourth-order valence-corrected chi connectivity index (χ4v) is 5.17. The van der Waals surface area contributed by atoms with Gasteiger partial charge in [0.1, 0.15) is 5.75 Å². The Balaban J connectivity index is 1.18. The van der Waals surface area contributed by atoms with Crippen molar-refractivity contribution in [1.29, 1.82) is 0 Å². The SMILES string of the molecule is CCCCCCCCCCc1cnc(-c2ccc(OCCCCCCCCCCCC3CC3)cc2)nc1. The van der Waals surface area contributed by atoms with Crippen LogP contribution in [0.3, 0.4) is 0 Å². The van der Waals surface area contributed by atoms with Crippen molar-refractivity contribution in [2.45, 2.75) is 142 Å². The summed E-state index contributed by atoms with van der Waals surface area (Å²) in [6.07, 6.45) is 32.8. The Labute approximate surface area is 228 Å². The van der Waals surface area contributed by atoms with Crippen LogP contribution in [-0.4, -0.2) is 16.6 Å². The molecule has 37 heavy (non-hydrogen) atoms. The molecule has 3 nitrogen and oxygen atoms in total. The Morgan fingerprint density at radius 2 is 1.19 bits per heavy atom. The van der Waals surface area contributed by atoms with E-state index in [-0.39, 0.29) is 0 Å². The zero-order chi connectivity index (χ0) is 25.8. The summed E-state index contributed by atoms with van der Waals surface area (Å²) in [4.78, 5) is 9.23. The number of hydrogen-bond donors (Lipinski definition) is 0. The van der Waals surface area contributed by atoms with Crippen LogP contribution in [0.15, 0.2) is 36.7 Å². The zero-order valence-corrected chi connectivity index (χ0v) is 23.9. The van der Waals surface area contributed by atoms with Crippen molar-refractivity contribution in [2.75, 3.05) is 6.61 Å². The van der Waals surface area contributed by atoms with Crippen molar-refractivity contribution >= 4 is 0 Å². The van der Waals surface area contributed by atoms with Crippen LogP contribution in [0, 0.1) is 5.92 Å². The minimum absolute atomic E-state index is 0.800. The van der Waals surface area contributed by atoms with Gasteiger partial charge in [-0.2, -0.15) is 0 Å². The molecule has 1 fully saturated rings. The first-order valence-electron chi connectivity index (χ1n) is 15.9. The molecule has 0 spiro atoms. The van der Waals surface area contributed by atoms with Crippen LogP contribution in [0.2, 0.25) is 0 Å². The number of ether oxygens (including phenoxy) is 1. The molecule has 0 saturated heterocycles. The lowest BCUT2D eigenvalue weighted by atomic mass is 10.1. The maximum atomic E-state index is 5.96. The first-order valence-corrected chi connectivity index (χ1v) is 15.9. The van der Waals surface area contributed by atoms with Crippen LogP contribution >= 0.6 is 0 Å². The summed E-state index contributed by atoms with van der Waals surface area (Å²) in [7, 11) is 0. The minimum atomic E-state index is 0.800. The quantitative estimate of drug-likeness (QED) is 0.141. The second-order valence-electron chi connectivity index (χ2n) is 11.4. The van der Waals surface area contributed by atoms with Gasteiger partial charge in [0.25, 0.3) is 0 Å². The van der Waals surface area contributed by atoms with Crippen LogP contribution in [-0.2, 0) is 6.42 Å². The van der Waals surface area contributed by atoms with Gasteiger partial charge in [-0.15, -0.1) is 0 Å². The smallest absolute Gasteiger partial charge is 0.159 e. The molecule has 0 N–H and O–H groups in total. The number of benzene rings is 1. The minimum Gasteiger partial charge on any atom is -0.494 e. The summed E-state index contributed by atoms with van der Waals surface area (Å²) in [6.45, 7) is 3.09. The summed E-state index contributed by atoms with van der Waals surface area (Å²) in [5.74, 6) is 2.86. The normalized spacial score (nSPS) is 13.2. The Morgan fingerprint density at radius 1 is 0.649 bits per heavy atom. The van der Waals surface area contributed by atoms with Gasteiger partial charge in [0, 0.05) is 18.0 Å². The van der Waals surface area contributed by atoms with E-state index in [1.165, 1.54) is 128 Å². The molecule has 1 aliphatic rings. The van der Waals surface area contributed by atoms with Crippen LogP contribution in [0.25, 0.3) is 11.4 Å². The summed E-state index contributed by atoms with van der Waals surface area (Å²) >= 11 is 0. The third kappa shape index (κ3) is 14.0. The Hall–Kier alpha value is -1.90. The number of nitrogens with zero attached hydrogens (tertiary/aromatic N) is 2. The summed E-state index contributed by atoms with van der Waals surface area (Å²) in [5.41, 5.74) is 2.30. The number of hydrogen-bond acceptors (Lipinski definition) is 3. The average Bonchev–Trinajstić information content (AvgIpc) is 3.76. The van der Waals surface area contributed by atoms with Crippen molar-refractivity contribution in [3.8, 4) is 17.1 Å². The van der Waals surface area contributed by atoms with Crippen molar-refractivity contribution in [3.05, 3.63) is 42.2 Å². The van der Waals surface area contributed by atoms with Gasteiger partial charge in [-0.05, 0) is 55.0 Å². The molecule has 206 valence electrons. The fraction of sp³-hybridized carbons (Fsp3) is 0.706. The Bertz CT molecular complexity index is 798. The predicted molar refractivity (Wildman–Crippen MR) is 158 cm³/mol. The van der Waals surface area contributed by atoms with E-state index in [0.717, 1.165) is 42.5 Å². The molecule has 2 aromatic rings. The molecule has 1 saturated carbocycles. The van der Waals surface area contributed by atoms with E-state index in [0.29, 0.717) is 0 Å². The fourth-order valence-electron chi connectivity index (χ4n) is 5.17. The van der Waals surface area contributed by atoms with Crippen LogP contribution in [0.4, 0.5) is 0 Å². The van der Waals surface area contributed by atoms with Crippen molar-refractivity contribution < 1.29 is 4.74 Å². The molecule has 0 amide bonds. The lowest BCUT2D eigenvalue weighted by Gasteiger charge is -2.08. The summed E-state index contributed by atoms with van der Waals surface area (Å²) in [5, 5.41) is 0. The molecule has 3 heteroatoms. The van der Waals surface area contributed by atoms with E-state index in [4.69, 9.17) is 4.74 Å². The lowest BCUT2D eigenvalue weighted by Crippen LogP contribution is -1.97. The predicted octanol–water partition coefficient (Wildman–Crippen LogP) is 10.5. The topological polar surface area (TPSA) is 35.0 Å². The van der Waals surface area contributed by atoms with E-state index in [1.54, 1.807) is 0 Å². The van der Waals surface area contributed by atoms with E-state index < -0.39 is 0 Å². The molecule has 0 bridgehead atoms. The summed E-state index contributed by atoms with van der Waals surface area (Å²) in [6, 6.07) is 8.26. The molecule has 1 aromatic carbocycles. The molecule has 0 unspecified atom stereocenters. The van der Waals surface area contributed by atoms with E-state index in [1.807, 2.05) is 12.4 Å². The lowest BCUT2D eigenvalue weighted by molar-refractivity contribution is 0.304. The second-order valence-corrected chi connectivity index (χ2v) is 11.4. The van der Waals surface area contributed by atoms with Gasteiger partial charge in [0.2, 0.25) is 0 Å². The van der Waals surface area contributed by atoms with E-state index in [2.05, 4.69) is 41.2 Å². The van der Waals surface area contributed by atoms with E-state index >= 15 is 0 Å². The van der Waals surface area contributed by atoms with Crippen molar-refractivity contribution in [1.82, 2.24) is 9.97 Å². The van der Waals surface area contributed by atoms with Gasteiger partial charge in [-0.25, -0.2) is 9.97 Å². The maximum Gasteiger partial charge on any atom is 0.159 e. The number of rotatable bonds is 23. The molecule has 0 aliphatic heterocycles. The van der Waals surface area contributed by atoms with Crippen LogP contribution in [0.5, 0.6) is 5.75 Å². The van der Waals surface area contributed by atoms with Gasteiger partial charge in [-0.1, -0.05) is 122 Å². The first-order chi connectivity index (χ1) is 18.3. The number of aromatic nitrogens is 2. The van der Waals surface area contributed by atoms with Crippen molar-refractivity contribution in [2.24, 2.45) is 5.92 Å². The molecule has 0 radical (unpaired) electrons. The highest BCUT2D eigenvalue weighted by Gasteiger charge is 2.19. The average molecular weight is 507 g/mol. The summed E-state index contributed by atoms with van der Waals surface area (Å²) < 4.78 is 5.96. The highest BCUT2D eigenvalue weighted by Crippen LogP contribution is 2.34. The Morgan fingerprint density at radius 3 is 1.78 bits per heavy atom. The van der Waals surface area contributed by atoms with Crippen LogP contribution < -0.4 is 4.74 Å². The Kier molecular flexibility index (Phi) is 15.4. The molecule has 1 heterocycles. The van der Waals surface area contributed by atoms with Gasteiger partial charge >= 0.3 is 0 Å². The zero-order valence-electron chi connectivity index (χ0n) is 23.9. The highest BCUT2D eigenvalue weighted by molar-refractivity contribution is 5.55. The first kappa shape index (κ1) is 29.7. The van der Waals surface area contributed by atoms with Crippen LogP contribution in [0.1, 0.15) is 141 Å². The third-order valence-electron chi connectivity index (χ3n) is 7.86. The molecular weight excluding hydrogens is 452 g/mol. The molecule has 1 aliphatic carbocycles. The maximum absolute atomic E-state index is 5.96. The largest absolute Gasteiger partial charge is 0.494 e. The van der Waals surface area contributed by atoms with Gasteiger partial charge in [0.05, 0.1) is 6.61 Å². The standard InChI is InChI=1S/C34H54N2O/c1-2-3-4-5-6-10-14-17-20-31-28-35-34(36-29-31)32-23-25-33(26-24-32)37-27-18-15-12-9-7-8-11-13-16-19-30-21-22-30/h23-26,28-30H,2-22,27H2,1H3. The molecular formula is C34H54N2O. The highest BCUT2D eigenvalue weighted by atomic mass is 16.5. The molecule has 3 rings (SSSR count). The third-order valence-corrected chi connectivity index (χ3v) is 7.86. The second kappa shape index (κ2) is 19.2. The molecule has 0 atom stereocenters. The van der Waals surface area contributed by atoms with Gasteiger partial charge in [-0.3, -0.25) is 0 Å². The number of unbranched alkanes of at least 4 members (excludes halogenated alkanes) is 15. The monoisotopic (exact) mass is 506 g/mol. The van der Waals surface area contributed by atoms with Crippen molar-refractivity contribution in [3.63, 3.8) is 0 Å². The number of aryl methyl sites for hydroxylation is 1. The van der Waals surface area contributed by atoms with E-state index in [9.17, 15) is 0 Å². The van der Waals surface area contributed by atoms with Gasteiger partial charge < -0.3 is 4.74 Å². The van der Waals surface area contributed by atoms with Gasteiger partial charge in [0.15, 0.2) is 5.82 Å².